The van der Waals surface area contributed by atoms with Crippen molar-refractivity contribution in [2.45, 2.75) is 19.6 Å². The SMILES string of the molecule is CCOC(=O)c1ccc(-c2nc(NCc3ccc(OC)c(Cl)c3)c3cc(C(F)(F)F)sc3n2)cc1. The first-order valence-electron chi connectivity index (χ1n) is 10.4. The first kappa shape index (κ1) is 24.7. The molecule has 0 bridgehead atoms. The highest BCUT2D eigenvalue weighted by atomic mass is 35.5. The molecule has 0 radical (unpaired) electrons. The number of ether oxygens (including phenoxy) is 2. The van der Waals surface area contributed by atoms with Crippen LogP contribution in [0.2, 0.25) is 5.02 Å². The zero-order valence-electron chi connectivity index (χ0n) is 18.6. The third-order valence-corrected chi connectivity index (χ3v) is 6.37. The number of anilines is 1. The summed E-state index contributed by atoms with van der Waals surface area (Å²) in [6.07, 6.45) is -4.51. The van der Waals surface area contributed by atoms with Crippen LogP contribution in [0.15, 0.2) is 48.5 Å². The smallest absolute Gasteiger partial charge is 0.425 e. The van der Waals surface area contributed by atoms with Gasteiger partial charge in [0.2, 0.25) is 0 Å². The highest BCUT2D eigenvalue weighted by molar-refractivity contribution is 7.18. The average molecular weight is 522 g/mol. The Balaban J connectivity index is 1.71. The van der Waals surface area contributed by atoms with Gasteiger partial charge in [-0.2, -0.15) is 13.2 Å². The van der Waals surface area contributed by atoms with Gasteiger partial charge in [-0.1, -0.05) is 29.8 Å². The fourth-order valence-electron chi connectivity index (χ4n) is 3.30. The fraction of sp³-hybridized carbons (Fsp3) is 0.208. The number of hydrogen-bond acceptors (Lipinski definition) is 7. The van der Waals surface area contributed by atoms with Crippen LogP contribution < -0.4 is 10.1 Å². The van der Waals surface area contributed by atoms with Crippen LogP contribution in [0.25, 0.3) is 21.6 Å². The maximum absolute atomic E-state index is 13.4. The molecule has 1 N–H and O–H groups in total. The lowest BCUT2D eigenvalue weighted by Crippen LogP contribution is -2.05. The lowest BCUT2D eigenvalue weighted by atomic mass is 10.1. The summed E-state index contributed by atoms with van der Waals surface area (Å²) in [5, 5.41) is 3.78. The summed E-state index contributed by atoms with van der Waals surface area (Å²) in [7, 11) is 1.51. The van der Waals surface area contributed by atoms with Crippen molar-refractivity contribution in [2.24, 2.45) is 0 Å². The lowest BCUT2D eigenvalue weighted by Gasteiger charge is -2.11. The van der Waals surface area contributed by atoms with Gasteiger partial charge in [-0.25, -0.2) is 14.8 Å². The number of fused-ring (bicyclic) bond motifs is 1. The van der Waals surface area contributed by atoms with E-state index < -0.39 is 17.0 Å². The van der Waals surface area contributed by atoms with E-state index >= 15 is 0 Å². The number of nitrogens with zero attached hydrogens (tertiary/aromatic N) is 2. The Morgan fingerprint density at radius 2 is 1.86 bits per heavy atom. The molecule has 2 aromatic carbocycles. The number of carbonyl (C=O) groups excluding carboxylic acids is 1. The van der Waals surface area contributed by atoms with Gasteiger partial charge in [0, 0.05) is 12.1 Å². The second-order valence-electron chi connectivity index (χ2n) is 7.34. The number of benzene rings is 2. The van der Waals surface area contributed by atoms with E-state index in [0.717, 1.165) is 11.6 Å². The number of thiophene rings is 1. The first-order chi connectivity index (χ1) is 16.7. The van der Waals surface area contributed by atoms with E-state index in [2.05, 4.69) is 15.3 Å². The van der Waals surface area contributed by atoms with Gasteiger partial charge in [0.05, 0.1) is 29.7 Å². The molecule has 0 fully saturated rings. The Bertz CT molecular complexity index is 1370. The van der Waals surface area contributed by atoms with Gasteiger partial charge in [0.1, 0.15) is 21.3 Å². The maximum Gasteiger partial charge on any atom is 0.425 e. The quantitative estimate of drug-likeness (QED) is 0.269. The van der Waals surface area contributed by atoms with Gasteiger partial charge in [0.25, 0.3) is 0 Å². The van der Waals surface area contributed by atoms with Crippen LogP contribution in [-0.2, 0) is 17.5 Å². The summed E-state index contributed by atoms with van der Waals surface area (Å²) in [6, 6.07) is 12.6. The predicted octanol–water partition coefficient (Wildman–Crippen LogP) is 6.83. The van der Waals surface area contributed by atoms with Crippen molar-refractivity contribution in [3.8, 4) is 17.1 Å². The molecule has 0 saturated carbocycles. The van der Waals surface area contributed by atoms with E-state index in [1.54, 1.807) is 49.4 Å². The van der Waals surface area contributed by atoms with Gasteiger partial charge >= 0.3 is 12.1 Å². The van der Waals surface area contributed by atoms with E-state index in [1.807, 2.05) is 0 Å². The Kier molecular flexibility index (Phi) is 7.13. The van der Waals surface area contributed by atoms with Crippen molar-refractivity contribution in [2.75, 3.05) is 19.0 Å². The molecular formula is C24H19ClF3N3O3S. The van der Waals surface area contributed by atoms with Gasteiger partial charge in [-0.05, 0) is 42.8 Å². The normalized spacial score (nSPS) is 11.5. The fourth-order valence-corrected chi connectivity index (χ4v) is 4.48. The number of nitrogens with one attached hydrogen (secondary N) is 1. The summed E-state index contributed by atoms with van der Waals surface area (Å²) in [4.78, 5) is 20.2. The summed E-state index contributed by atoms with van der Waals surface area (Å²) in [5.74, 6) is 0.516. The van der Waals surface area contributed by atoms with Gasteiger partial charge in [-0.15, -0.1) is 11.3 Å². The van der Waals surface area contributed by atoms with E-state index in [-0.39, 0.29) is 35.0 Å². The largest absolute Gasteiger partial charge is 0.495 e. The van der Waals surface area contributed by atoms with Crippen molar-refractivity contribution in [3.05, 3.63) is 69.6 Å². The van der Waals surface area contributed by atoms with Crippen molar-refractivity contribution in [3.63, 3.8) is 0 Å². The van der Waals surface area contributed by atoms with Crippen molar-refractivity contribution in [1.82, 2.24) is 9.97 Å². The van der Waals surface area contributed by atoms with Gasteiger partial charge < -0.3 is 14.8 Å². The second kappa shape index (κ2) is 10.1. The van der Waals surface area contributed by atoms with Crippen LogP contribution in [0.4, 0.5) is 19.0 Å². The zero-order chi connectivity index (χ0) is 25.2. The number of hydrogen-bond donors (Lipinski definition) is 1. The first-order valence-corrected chi connectivity index (χ1v) is 11.6. The molecule has 0 atom stereocenters. The van der Waals surface area contributed by atoms with Crippen LogP contribution in [0.5, 0.6) is 5.75 Å². The third-order valence-electron chi connectivity index (χ3n) is 5.00. The Hall–Kier alpha value is -3.37. The number of halogens is 4. The number of carbonyl (C=O) groups is 1. The lowest BCUT2D eigenvalue weighted by molar-refractivity contribution is -0.134. The summed E-state index contributed by atoms with van der Waals surface area (Å²) in [5.41, 5.74) is 1.67. The molecule has 35 heavy (non-hydrogen) atoms. The number of alkyl halides is 3. The molecule has 0 amide bonds. The minimum atomic E-state index is -4.51. The summed E-state index contributed by atoms with van der Waals surface area (Å²) >= 11 is 6.73. The van der Waals surface area contributed by atoms with Crippen molar-refractivity contribution < 1.29 is 27.4 Å². The summed E-state index contributed by atoms with van der Waals surface area (Å²) in [6.45, 7) is 2.21. The molecule has 2 heterocycles. The molecule has 4 rings (SSSR count). The number of esters is 1. The second-order valence-corrected chi connectivity index (χ2v) is 8.78. The number of rotatable bonds is 7. The molecule has 0 aliphatic rings. The molecule has 11 heteroatoms. The third kappa shape index (κ3) is 5.49. The molecule has 0 saturated heterocycles. The predicted molar refractivity (Wildman–Crippen MR) is 129 cm³/mol. The van der Waals surface area contributed by atoms with E-state index in [4.69, 9.17) is 21.1 Å². The van der Waals surface area contributed by atoms with Gasteiger partial charge in [0.15, 0.2) is 5.82 Å². The molecule has 0 aliphatic carbocycles. The van der Waals surface area contributed by atoms with Gasteiger partial charge in [-0.3, -0.25) is 0 Å². The molecular weight excluding hydrogens is 503 g/mol. The van der Waals surface area contributed by atoms with E-state index in [1.165, 1.54) is 7.11 Å². The molecule has 182 valence electrons. The van der Waals surface area contributed by atoms with Crippen LogP contribution >= 0.6 is 22.9 Å². The monoisotopic (exact) mass is 521 g/mol. The molecule has 0 aliphatic heterocycles. The highest BCUT2D eigenvalue weighted by Crippen LogP contribution is 2.40. The molecule has 4 aromatic rings. The molecule has 6 nitrogen and oxygen atoms in total. The molecule has 0 unspecified atom stereocenters. The Morgan fingerprint density at radius 3 is 2.49 bits per heavy atom. The zero-order valence-corrected chi connectivity index (χ0v) is 20.1. The standard InChI is InChI=1S/C24H19ClF3N3O3S/c1-3-34-23(32)15-7-5-14(6-8-15)20-30-21(16-11-19(24(26,27)28)35-22(16)31-20)29-12-13-4-9-18(33-2)17(25)10-13/h4-11H,3,12H2,1-2H3,(H,29,30,31). The van der Waals surface area contributed by atoms with E-state index in [9.17, 15) is 18.0 Å². The number of methoxy groups -OCH3 is 1. The van der Waals surface area contributed by atoms with Crippen LogP contribution in [0.3, 0.4) is 0 Å². The van der Waals surface area contributed by atoms with Crippen LogP contribution in [0.1, 0.15) is 27.7 Å². The van der Waals surface area contributed by atoms with Crippen LogP contribution in [-0.4, -0.2) is 29.7 Å². The van der Waals surface area contributed by atoms with Crippen molar-refractivity contribution in [1.29, 1.82) is 0 Å². The van der Waals surface area contributed by atoms with Crippen molar-refractivity contribution >= 4 is 44.9 Å². The topological polar surface area (TPSA) is 73.3 Å². The Morgan fingerprint density at radius 1 is 1.11 bits per heavy atom. The average Bonchev–Trinajstić information content (AvgIpc) is 3.28. The maximum atomic E-state index is 13.4. The van der Waals surface area contributed by atoms with Crippen LogP contribution in [0, 0.1) is 0 Å². The number of aromatic nitrogens is 2. The minimum Gasteiger partial charge on any atom is -0.495 e. The minimum absolute atomic E-state index is 0.187. The highest BCUT2D eigenvalue weighted by Gasteiger charge is 2.33. The molecule has 0 spiro atoms. The molecule has 2 aromatic heterocycles. The summed E-state index contributed by atoms with van der Waals surface area (Å²) < 4.78 is 50.3. The van der Waals surface area contributed by atoms with E-state index in [0.29, 0.717) is 33.2 Å². The Labute approximate surface area is 207 Å².